The number of nitrogens with two attached hydrogens (primary N) is 1. The molecule has 14 heteroatoms. The van der Waals surface area contributed by atoms with E-state index in [0.717, 1.165) is 0 Å². The highest BCUT2D eigenvalue weighted by molar-refractivity contribution is 6.36. The van der Waals surface area contributed by atoms with E-state index in [1.807, 2.05) is 0 Å². The van der Waals surface area contributed by atoms with Gasteiger partial charge in [-0.25, -0.2) is 9.50 Å². The molecule has 10 nitrogen and oxygen atoms in total. The van der Waals surface area contributed by atoms with Crippen LogP contribution in [0.4, 0.5) is 24.7 Å². The maximum atomic E-state index is 13.4. The number of carbonyl (C=O) groups is 1. The largest absolute Gasteiger partial charge is 0.417 e. The summed E-state index contributed by atoms with van der Waals surface area (Å²) in [5.41, 5.74) is 5.23. The van der Waals surface area contributed by atoms with Gasteiger partial charge in [0.2, 0.25) is 0 Å². The van der Waals surface area contributed by atoms with Gasteiger partial charge in [-0.1, -0.05) is 11.6 Å². The number of aromatic nitrogens is 5. The van der Waals surface area contributed by atoms with Crippen LogP contribution in [0.5, 0.6) is 0 Å². The molecule has 0 bridgehead atoms. The minimum Gasteiger partial charge on any atom is -0.381 e. The number of nitrogen functional groups attached to an aromatic ring is 1. The summed E-state index contributed by atoms with van der Waals surface area (Å²) in [5.74, 6) is -0.520. The van der Waals surface area contributed by atoms with Crippen LogP contribution < -0.4 is 16.0 Å². The predicted octanol–water partition coefficient (Wildman–Crippen LogP) is 3.23. The summed E-state index contributed by atoms with van der Waals surface area (Å²) in [7, 11) is 0. The molecule has 190 valence electrons. The van der Waals surface area contributed by atoms with Crippen LogP contribution >= 0.6 is 11.6 Å². The van der Waals surface area contributed by atoms with Crippen LogP contribution in [0.3, 0.4) is 0 Å². The maximum Gasteiger partial charge on any atom is 0.417 e. The first kappa shape index (κ1) is 24.1. The van der Waals surface area contributed by atoms with Gasteiger partial charge in [0.1, 0.15) is 5.56 Å². The lowest BCUT2D eigenvalue weighted by Crippen LogP contribution is -2.53. The summed E-state index contributed by atoms with van der Waals surface area (Å²) in [6, 6.07) is 2.66. The number of halogens is 4. The topological polar surface area (TPSA) is 137 Å². The van der Waals surface area contributed by atoms with Crippen molar-refractivity contribution in [1.29, 1.82) is 0 Å². The number of aromatic amines is 1. The predicted molar refractivity (Wildman–Crippen MR) is 127 cm³/mol. The quantitative estimate of drug-likeness (QED) is 0.323. The number of hydrogen-bond acceptors (Lipinski definition) is 7. The number of carbonyl (C=O) groups excluding carboxylic acids is 1. The third-order valence-electron chi connectivity index (χ3n) is 6.59. The van der Waals surface area contributed by atoms with Crippen molar-refractivity contribution < 1.29 is 23.1 Å². The van der Waals surface area contributed by atoms with Crippen molar-refractivity contribution in [2.45, 2.75) is 37.6 Å². The van der Waals surface area contributed by atoms with Crippen molar-refractivity contribution >= 4 is 45.6 Å². The summed E-state index contributed by atoms with van der Waals surface area (Å²) < 4.78 is 41.5. The fourth-order valence-corrected chi connectivity index (χ4v) is 4.86. The van der Waals surface area contributed by atoms with Crippen molar-refractivity contribution in [1.82, 2.24) is 30.1 Å². The third kappa shape index (κ3) is 3.88. The van der Waals surface area contributed by atoms with E-state index >= 15 is 0 Å². The molecule has 5 N–H and O–H groups in total. The Morgan fingerprint density at radius 3 is 2.78 bits per heavy atom. The summed E-state index contributed by atoms with van der Waals surface area (Å²) in [5, 5.41) is 25.0. The second kappa shape index (κ2) is 8.52. The molecule has 4 heterocycles. The molecule has 1 fully saturated rings. The lowest BCUT2D eigenvalue weighted by Gasteiger charge is -2.41. The Bertz CT molecular complexity index is 1460. The minimum absolute atomic E-state index is 0.00291. The number of anilines is 2. The third-order valence-corrected chi connectivity index (χ3v) is 6.90. The monoisotopic (exact) mass is 522 g/mol. The van der Waals surface area contributed by atoms with Crippen molar-refractivity contribution in [3.8, 4) is 0 Å². The molecule has 1 saturated heterocycles. The van der Waals surface area contributed by atoms with Crippen molar-refractivity contribution in [3.05, 3.63) is 46.9 Å². The van der Waals surface area contributed by atoms with E-state index in [9.17, 15) is 23.1 Å². The molecule has 5 rings (SSSR count). The zero-order valence-corrected chi connectivity index (χ0v) is 19.7. The number of alkyl halides is 3. The van der Waals surface area contributed by atoms with E-state index in [2.05, 4.69) is 25.6 Å². The molecule has 1 atom stereocenters. The van der Waals surface area contributed by atoms with Gasteiger partial charge in [-0.15, -0.1) is 5.10 Å². The van der Waals surface area contributed by atoms with Crippen molar-refractivity contribution in [2.75, 3.05) is 23.7 Å². The Morgan fingerprint density at radius 2 is 2.08 bits per heavy atom. The van der Waals surface area contributed by atoms with Crippen molar-refractivity contribution in [2.24, 2.45) is 0 Å². The SMILES string of the molecule is CC(NC(=O)c1c(N)nn2cccnc12)c1cc(Cl)c2cn[nH]c2c1N1CCC(O)(C(F)(F)F)CC1. The van der Waals surface area contributed by atoms with E-state index in [0.29, 0.717) is 27.2 Å². The molecule has 1 aliphatic rings. The highest BCUT2D eigenvalue weighted by Gasteiger charge is 2.54. The smallest absolute Gasteiger partial charge is 0.381 e. The van der Waals surface area contributed by atoms with Gasteiger partial charge in [0.15, 0.2) is 17.1 Å². The highest BCUT2D eigenvalue weighted by atomic mass is 35.5. The number of nitrogens with zero attached hydrogens (tertiary/aromatic N) is 5. The molecular formula is C22H22ClF3N8O2. The van der Waals surface area contributed by atoms with Crippen LogP contribution in [0.15, 0.2) is 30.7 Å². The molecule has 0 saturated carbocycles. The Kier molecular flexibility index (Phi) is 5.71. The molecule has 4 aromatic rings. The number of H-pyrrole nitrogens is 1. The zero-order valence-electron chi connectivity index (χ0n) is 19.0. The van der Waals surface area contributed by atoms with Gasteiger partial charge in [-0.05, 0) is 19.1 Å². The number of benzene rings is 1. The van der Waals surface area contributed by atoms with E-state index in [1.54, 1.807) is 30.2 Å². The molecule has 0 spiro atoms. The molecule has 3 aromatic heterocycles. The molecule has 0 aliphatic carbocycles. The molecule has 1 unspecified atom stereocenters. The molecule has 1 aromatic carbocycles. The van der Waals surface area contributed by atoms with E-state index in [-0.39, 0.29) is 30.1 Å². The van der Waals surface area contributed by atoms with Crippen LogP contribution in [-0.4, -0.2) is 60.7 Å². The Labute approximate surface area is 207 Å². The van der Waals surface area contributed by atoms with Gasteiger partial charge in [0.05, 0.1) is 28.5 Å². The summed E-state index contributed by atoms with van der Waals surface area (Å²) in [6.45, 7) is 1.59. The first-order chi connectivity index (χ1) is 17.0. The fraction of sp³-hybridized carbons (Fsp3) is 0.364. The van der Waals surface area contributed by atoms with E-state index in [1.165, 1.54) is 16.9 Å². The van der Waals surface area contributed by atoms with Crippen LogP contribution in [0.1, 0.15) is 41.7 Å². The van der Waals surface area contributed by atoms with Gasteiger partial charge in [-0.3, -0.25) is 9.89 Å². The van der Waals surface area contributed by atoms with Gasteiger partial charge in [0, 0.05) is 49.3 Å². The Hall–Kier alpha value is -3.58. The van der Waals surface area contributed by atoms with Gasteiger partial charge < -0.3 is 21.1 Å². The van der Waals surface area contributed by atoms with Crippen LogP contribution in [-0.2, 0) is 0 Å². The lowest BCUT2D eigenvalue weighted by molar-refractivity contribution is -0.266. The van der Waals surface area contributed by atoms with Crippen molar-refractivity contribution in [3.63, 3.8) is 0 Å². The molecule has 1 amide bonds. The second-order valence-electron chi connectivity index (χ2n) is 8.81. The molecule has 0 radical (unpaired) electrons. The lowest BCUT2D eigenvalue weighted by atomic mass is 9.89. The number of hydrogen-bond donors (Lipinski definition) is 4. The number of aliphatic hydroxyl groups is 1. The molecular weight excluding hydrogens is 501 g/mol. The number of rotatable bonds is 4. The first-order valence-electron chi connectivity index (χ1n) is 11.1. The average Bonchev–Trinajstić information content (AvgIpc) is 3.43. The Balaban J connectivity index is 1.50. The standard InChI is InChI=1S/C22H22ClF3N8O2/c1-11(30-20(35)15-18(27)32-34-6-2-5-28-19(15)34)12-9-14(23)13-10-29-31-16(13)17(12)33-7-3-21(36,4-8-33)22(24,25)26/h2,5-6,9-11,36H,3-4,7-8H2,1H3,(H2,27,32)(H,29,31)(H,30,35). The first-order valence-corrected chi connectivity index (χ1v) is 11.5. The average molecular weight is 523 g/mol. The number of nitrogens with one attached hydrogen (secondary N) is 2. The van der Waals surface area contributed by atoms with Gasteiger partial charge in [-0.2, -0.15) is 18.3 Å². The second-order valence-corrected chi connectivity index (χ2v) is 9.22. The van der Waals surface area contributed by atoms with Gasteiger partial charge in [0.25, 0.3) is 5.91 Å². The minimum atomic E-state index is -4.73. The van der Waals surface area contributed by atoms with Gasteiger partial charge >= 0.3 is 6.18 Å². The maximum absolute atomic E-state index is 13.4. The normalized spacial score (nSPS) is 17.0. The number of piperidine rings is 1. The van der Waals surface area contributed by atoms with E-state index < -0.39 is 36.6 Å². The summed E-state index contributed by atoms with van der Waals surface area (Å²) in [4.78, 5) is 19.1. The molecule has 1 aliphatic heterocycles. The zero-order chi connectivity index (χ0) is 25.8. The fourth-order valence-electron chi connectivity index (χ4n) is 4.60. The number of amides is 1. The highest BCUT2D eigenvalue weighted by Crippen LogP contribution is 2.43. The van der Waals surface area contributed by atoms with E-state index in [4.69, 9.17) is 17.3 Å². The van der Waals surface area contributed by atoms with Crippen LogP contribution in [0, 0.1) is 0 Å². The number of fused-ring (bicyclic) bond motifs is 2. The Morgan fingerprint density at radius 1 is 1.36 bits per heavy atom. The molecule has 36 heavy (non-hydrogen) atoms. The summed E-state index contributed by atoms with van der Waals surface area (Å²) >= 11 is 6.48. The van der Waals surface area contributed by atoms with Crippen LogP contribution in [0.25, 0.3) is 16.6 Å². The summed E-state index contributed by atoms with van der Waals surface area (Å²) in [6.07, 6.45) is -1.08. The van der Waals surface area contributed by atoms with Crippen LogP contribution in [0.2, 0.25) is 5.02 Å².